The average molecular weight is 412 g/mol. The van der Waals surface area contributed by atoms with Crippen LogP contribution in [0.5, 0.6) is 0 Å². The number of hydrogen-bond donors (Lipinski definition) is 2. The molecule has 0 unspecified atom stereocenters. The molecule has 0 saturated carbocycles. The molecule has 160 valence electrons. The molecule has 0 saturated heterocycles. The fourth-order valence-electron chi connectivity index (χ4n) is 1.88. The van der Waals surface area contributed by atoms with Gasteiger partial charge in [0.25, 0.3) is 5.91 Å². The number of amides is 1. The first kappa shape index (κ1) is 24.5. The number of alkyl halides is 3. The van der Waals surface area contributed by atoms with Gasteiger partial charge in [0.15, 0.2) is 0 Å². The molecule has 0 spiro atoms. The van der Waals surface area contributed by atoms with Gasteiger partial charge in [-0.05, 0) is 38.8 Å². The predicted molar refractivity (Wildman–Crippen MR) is 104 cm³/mol. The lowest BCUT2D eigenvalue weighted by Gasteiger charge is -2.09. The second-order valence-electron chi connectivity index (χ2n) is 7.52. The van der Waals surface area contributed by atoms with E-state index in [1.165, 1.54) is 6.20 Å². The van der Waals surface area contributed by atoms with Gasteiger partial charge in [-0.3, -0.25) is 9.78 Å². The van der Waals surface area contributed by atoms with Gasteiger partial charge in [-0.25, -0.2) is 4.98 Å². The van der Waals surface area contributed by atoms with Crippen LogP contribution in [0.4, 0.5) is 13.2 Å². The molecular formula is C20H27F3N4O2. The summed E-state index contributed by atoms with van der Waals surface area (Å²) < 4.78 is 40.5. The van der Waals surface area contributed by atoms with Gasteiger partial charge in [-0.1, -0.05) is 24.3 Å². The van der Waals surface area contributed by atoms with E-state index in [0.717, 1.165) is 5.56 Å². The smallest absolute Gasteiger partial charge is 0.367 e. The van der Waals surface area contributed by atoms with Crippen molar-refractivity contribution in [1.82, 2.24) is 15.3 Å². The van der Waals surface area contributed by atoms with Gasteiger partial charge < -0.3 is 15.8 Å². The summed E-state index contributed by atoms with van der Waals surface area (Å²) in [4.78, 5) is 19.9. The van der Waals surface area contributed by atoms with E-state index < -0.39 is 12.8 Å². The van der Waals surface area contributed by atoms with Gasteiger partial charge in [0.2, 0.25) is 0 Å². The Morgan fingerprint density at radius 1 is 1.10 bits per heavy atom. The third-order valence-electron chi connectivity index (χ3n) is 3.00. The zero-order chi connectivity index (χ0) is 22.1. The molecule has 0 aliphatic carbocycles. The highest BCUT2D eigenvalue weighted by molar-refractivity contribution is 5.91. The Labute approximate surface area is 168 Å². The molecule has 6 nitrogen and oxygen atoms in total. The monoisotopic (exact) mass is 412 g/mol. The summed E-state index contributed by atoms with van der Waals surface area (Å²) in [5.41, 5.74) is 7.66. The first-order valence-electron chi connectivity index (χ1n) is 8.91. The minimum Gasteiger partial charge on any atom is -0.367 e. The maximum atomic E-state index is 12.0. The summed E-state index contributed by atoms with van der Waals surface area (Å²) in [5, 5.41) is 2.70. The van der Waals surface area contributed by atoms with E-state index >= 15 is 0 Å². The first-order chi connectivity index (χ1) is 13.3. The molecule has 0 bridgehead atoms. The summed E-state index contributed by atoms with van der Waals surface area (Å²) >= 11 is 0. The molecule has 1 aromatic heterocycles. The van der Waals surface area contributed by atoms with E-state index in [1.807, 2.05) is 20.8 Å². The van der Waals surface area contributed by atoms with E-state index in [4.69, 9.17) is 5.73 Å². The molecule has 0 radical (unpaired) electrons. The third-order valence-corrected chi connectivity index (χ3v) is 3.00. The van der Waals surface area contributed by atoms with Crippen molar-refractivity contribution >= 4 is 5.91 Å². The Bertz CT molecular complexity index is 767. The third kappa shape index (κ3) is 12.5. The van der Waals surface area contributed by atoms with Crippen LogP contribution in [0.3, 0.4) is 0 Å². The van der Waals surface area contributed by atoms with Crippen molar-refractivity contribution in [3.05, 3.63) is 59.2 Å². The second kappa shape index (κ2) is 10.9. The van der Waals surface area contributed by atoms with E-state index in [2.05, 4.69) is 20.0 Å². The number of nitrogens with two attached hydrogens (primary N) is 1. The normalized spacial score (nSPS) is 11.4. The number of hydrogen-bond acceptors (Lipinski definition) is 5. The molecule has 0 aliphatic rings. The molecule has 1 aromatic carbocycles. The number of aryl methyl sites for hydroxylation is 1. The molecule has 1 amide bonds. The zero-order valence-electron chi connectivity index (χ0n) is 17.0. The lowest BCUT2D eigenvalue weighted by molar-refractivity contribution is -0.176. The average Bonchev–Trinajstić information content (AvgIpc) is 2.58. The Morgan fingerprint density at radius 3 is 2.17 bits per heavy atom. The summed E-state index contributed by atoms with van der Waals surface area (Å²) in [6.45, 7) is 6.52. The van der Waals surface area contributed by atoms with Gasteiger partial charge in [0.05, 0.1) is 18.5 Å². The minimum absolute atomic E-state index is 0. The Kier molecular flexibility index (Phi) is 9.19. The fourth-order valence-corrected chi connectivity index (χ4v) is 1.88. The fraction of sp³-hybridized carbons (Fsp3) is 0.450. The van der Waals surface area contributed by atoms with Crippen LogP contribution in [0.25, 0.3) is 0 Å². The maximum Gasteiger partial charge on any atom is 0.411 e. The Balaban J connectivity index is 0.000000749. The van der Waals surface area contributed by atoms with Gasteiger partial charge in [0.1, 0.15) is 12.3 Å². The van der Waals surface area contributed by atoms with Crippen molar-refractivity contribution in [3.8, 4) is 0 Å². The van der Waals surface area contributed by atoms with Crippen molar-refractivity contribution in [2.24, 2.45) is 5.73 Å². The van der Waals surface area contributed by atoms with Gasteiger partial charge >= 0.3 is 6.18 Å². The van der Waals surface area contributed by atoms with Crippen LogP contribution < -0.4 is 11.1 Å². The van der Waals surface area contributed by atoms with Crippen LogP contribution in [0.2, 0.25) is 0 Å². The van der Waals surface area contributed by atoms with Crippen molar-refractivity contribution in [2.45, 2.75) is 52.6 Å². The molecule has 2 aromatic rings. The highest BCUT2D eigenvalue weighted by atomic mass is 19.4. The van der Waals surface area contributed by atoms with Crippen LogP contribution >= 0.6 is 0 Å². The van der Waals surface area contributed by atoms with Crippen LogP contribution in [-0.4, -0.2) is 34.2 Å². The predicted octanol–water partition coefficient (Wildman–Crippen LogP) is 3.54. The van der Waals surface area contributed by atoms with Crippen molar-refractivity contribution in [3.63, 3.8) is 0 Å². The van der Waals surface area contributed by atoms with Gasteiger partial charge in [-0.2, -0.15) is 13.2 Å². The molecule has 2 rings (SSSR count). The number of carbonyl (C=O) groups excluding carboxylic acids is 1. The highest BCUT2D eigenvalue weighted by Crippen LogP contribution is 2.15. The summed E-state index contributed by atoms with van der Waals surface area (Å²) in [6.07, 6.45) is -1.40. The number of nitrogens with zero attached hydrogens (tertiary/aromatic N) is 2. The molecule has 9 heteroatoms. The van der Waals surface area contributed by atoms with E-state index in [1.54, 1.807) is 37.4 Å². The molecule has 0 fully saturated rings. The van der Waals surface area contributed by atoms with Crippen molar-refractivity contribution in [1.29, 1.82) is 0 Å². The van der Waals surface area contributed by atoms with Gasteiger partial charge in [0, 0.05) is 18.3 Å². The van der Waals surface area contributed by atoms with Crippen molar-refractivity contribution < 1.29 is 22.7 Å². The Hall–Kier alpha value is -2.52. The lowest BCUT2D eigenvalue weighted by Crippen LogP contribution is -2.26. The molecule has 0 aliphatic heterocycles. The van der Waals surface area contributed by atoms with Crippen molar-refractivity contribution in [2.75, 3.05) is 6.61 Å². The maximum absolute atomic E-state index is 12.0. The number of nitrogens with one attached hydrogen (secondary N) is 1. The number of halogens is 3. The second-order valence-corrected chi connectivity index (χ2v) is 7.52. The van der Waals surface area contributed by atoms with Gasteiger partial charge in [-0.15, -0.1) is 0 Å². The highest BCUT2D eigenvalue weighted by Gasteiger charge is 2.27. The summed E-state index contributed by atoms with van der Waals surface area (Å²) in [7, 11) is 0. The number of benzene rings is 1. The van der Waals surface area contributed by atoms with Crippen LogP contribution in [0.15, 0.2) is 36.7 Å². The standard InChI is InChI=1S/C16H16F3N3O2.C4H11N/c1-11-6-20-8-14(22-11)15(23)21-7-12-2-4-13(5-3-12)9-24-10-16(17,18)19;1-4(2,3)5/h2-6,8H,7,9-10H2,1H3,(H,21,23);5H2,1-3H3. The van der Waals surface area contributed by atoms with E-state index in [-0.39, 0.29) is 30.3 Å². The van der Waals surface area contributed by atoms with E-state index in [0.29, 0.717) is 11.3 Å². The molecular weight excluding hydrogens is 385 g/mol. The topological polar surface area (TPSA) is 90.1 Å². The van der Waals surface area contributed by atoms with Crippen LogP contribution in [0.1, 0.15) is 48.1 Å². The van der Waals surface area contributed by atoms with Crippen LogP contribution in [0, 0.1) is 6.92 Å². The molecule has 1 heterocycles. The Morgan fingerprint density at radius 2 is 1.66 bits per heavy atom. The lowest BCUT2D eigenvalue weighted by atomic mass is 10.1. The first-order valence-corrected chi connectivity index (χ1v) is 8.91. The largest absolute Gasteiger partial charge is 0.411 e. The van der Waals surface area contributed by atoms with E-state index in [9.17, 15) is 18.0 Å². The van der Waals surface area contributed by atoms with Crippen LogP contribution in [-0.2, 0) is 17.9 Å². The minimum atomic E-state index is -4.33. The number of ether oxygens (including phenoxy) is 1. The quantitative estimate of drug-likeness (QED) is 0.758. The SMILES string of the molecule is CC(C)(C)N.Cc1cncc(C(=O)NCc2ccc(COCC(F)(F)F)cc2)n1. The molecule has 0 atom stereocenters. The molecule has 29 heavy (non-hydrogen) atoms. The summed E-state index contributed by atoms with van der Waals surface area (Å²) in [6, 6.07) is 6.75. The number of rotatable bonds is 6. The zero-order valence-corrected chi connectivity index (χ0v) is 17.0. The number of carbonyl (C=O) groups is 1. The summed E-state index contributed by atoms with van der Waals surface area (Å²) in [5.74, 6) is -0.344. The molecule has 3 N–H and O–H groups in total. The number of aromatic nitrogens is 2.